The average Bonchev–Trinajstić information content (AvgIpc) is 2.75. The van der Waals surface area contributed by atoms with E-state index in [0.29, 0.717) is 21.9 Å². The van der Waals surface area contributed by atoms with E-state index in [1.165, 1.54) is 18.3 Å². The van der Waals surface area contributed by atoms with Crippen molar-refractivity contribution in [3.8, 4) is 11.8 Å². The number of nitrogens with zero attached hydrogens (tertiary/aromatic N) is 2. The lowest BCUT2D eigenvalue weighted by molar-refractivity contribution is -0.121. The van der Waals surface area contributed by atoms with Crippen LogP contribution in [0, 0.1) is 17.1 Å². The van der Waals surface area contributed by atoms with E-state index in [1.54, 1.807) is 54.6 Å². The fourth-order valence-electron chi connectivity index (χ4n) is 2.68. The number of hydrogen-bond acceptors (Lipinski definition) is 4. The maximum atomic E-state index is 13.8. The second kappa shape index (κ2) is 10.2. The molecule has 0 aliphatic rings. The fourth-order valence-corrected chi connectivity index (χ4v) is 2.89. The molecule has 0 unspecified atom stereocenters. The summed E-state index contributed by atoms with van der Waals surface area (Å²) in [5.74, 6) is -1.43. The molecule has 0 fully saturated rings. The normalized spacial score (nSPS) is 11.6. The maximum absolute atomic E-state index is 13.8. The van der Waals surface area contributed by atoms with Crippen LogP contribution < -0.4 is 10.2 Å². The highest BCUT2D eigenvalue weighted by atomic mass is 35.5. The van der Waals surface area contributed by atoms with Crippen molar-refractivity contribution in [2.24, 2.45) is 5.10 Å². The van der Waals surface area contributed by atoms with Crippen molar-refractivity contribution < 1.29 is 13.9 Å². The van der Waals surface area contributed by atoms with E-state index in [-0.39, 0.29) is 12.2 Å². The van der Waals surface area contributed by atoms with Gasteiger partial charge in [-0.05, 0) is 35.4 Å². The van der Waals surface area contributed by atoms with Gasteiger partial charge >= 0.3 is 0 Å². The van der Waals surface area contributed by atoms with E-state index in [4.69, 9.17) is 16.3 Å². The molecule has 1 amide bonds. The zero-order chi connectivity index (χ0) is 21.3. The van der Waals surface area contributed by atoms with Crippen LogP contribution in [0.3, 0.4) is 0 Å². The largest absolute Gasteiger partial charge is 0.489 e. The lowest BCUT2D eigenvalue weighted by Crippen LogP contribution is -2.24. The highest BCUT2D eigenvalue weighted by Crippen LogP contribution is 2.22. The Balaban J connectivity index is 1.61. The van der Waals surface area contributed by atoms with Crippen LogP contribution in [0.2, 0.25) is 5.02 Å². The molecule has 7 heteroatoms. The first-order valence-corrected chi connectivity index (χ1v) is 9.39. The van der Waals surface area contributed by atoms with E-state index in [0.717, 1.165) is 0 Å². The van der Waals surface area contributed by atoms with Gasteiger partial charge in [-0.3, -0.25) is 4.79 Å². The molecule has 0 aromatic heterocycles. The molecule has 0 saturated carbocycles. The summed E-state index contributed by atoms with van der Waals surface area (Å²) < 4.78 is 19.5. The van der Waals surface area contributed by atoms with Gasteiger partial charge in [0.1, 0.15) is 18.2 Å². The van der Waals surface area contributed by atoms with Gasteiger partial charge in [0.25, 0.3) is 5.91 Å². The molecule has 150 valence electrons. The minimum absolute atomic E-state index is 0.0240. The van der Waals surface area contributed by atoms with Crippen LogP contribution >= 0.6 is 11.6 Å². The van der Waals surface area contributed by atoms with E-state index in [9.17, 15) is 14.4 Å². The molecule has 3 rings (SSSR count). The van der Waals surface area contributed by atoms with E-state index in [2.05, 4.69) is 10.5 Å². The molecule has 1 N–H and O–H groups in total. The number of carbonyl (C=O) groups excluding carboxylic acids is 1. The molecule has 0 bridgehead atoms. The number of rotatable bonds is 7. The van der Waals surface area contributed by atoms with Crippen molar-refractivity contribution in [1.82, 2.24) is 5.43 Å². The zero-order valence-electron chi connectivity index (χ0n) is 15.8. The predicted octanol–water partition coefficient (Wildman–Crippen LogP) is 4.82. The Hall–Kier alpha value is -3.69. The Bertz CT molecular complexity index is 1080. The zero-order valence-corrected chi connectivity index (χ0v) is 16.5. The molecule has 0 spiro atoms. The number of halogens is 2. The van der Waals surface area contributed by atoms with Gasteiger partial charge in [-0.25, -0.2) is 9.82 Å². The molecule has 0 heterocycles. The van der Waals surface area contributed by atoms with Crippen LogP contribution in [0.4, 0.5) is 4.39 Å². The molecule has 0 aliphatic heterocycles. The summed E-state index contributed by atoms with van der Waals surface area (Å²) in [6, 6.07) is 22.1. The highest BCUT2D eigenvalue weighted by molar-refractivity contribution is 6.31. The lowest BCUT2D eigenvalue weighted by Gasteiger charge is -2.09. The first-order valence-electron chi connectivity index (χ1n) is 9.01. The Morgan fingerprint density at radius 3 is 2.67 bits per heavy atom. The molecule has 1 atom stereocenters. The van der Waals surface area contributed by atoms with Gasteiger partial charge in [0.2, 0.25) is 0 Å². The monoisotopic (exact) mass is 421 g/mol. The van der Waals surface area contributed by atoms with Crippen LogP contribution in [0.1, 0.15) is 22.6 Å². The number of benzene rings is 3. The van der Waals surface area contributed by atoms with E-state index >= 15 is 0 Å². The number of amides is 1. The van der Waals surface area contributed by atoms with Crippen LogP contribution in [-0.2, 0) is 11.4 Å². The van der Waals surface area contributed by atoms with Crippen molar-refractivity contribution in [2.75, 3.05) is 0 Å². The quantitative estimate of drug-likeness (QED) is 0.439. The van der Waals surface area contributed by atoms with Crippen LogP contribution in [0.15, 0.2) is 77.9 Å². The molecular formula is C23H17ClFN3O2. The van der Waals surface area contributed by atoms with Crippen LogP contribution in [-0.4, -0.2) is 12.1 Å². The van der Waals surface area contributed by atoms with E-state index < -0.39 is 17.6 Å². The van der Waals surface area contributed by atoms with Crippen molar-refractivity contribution >= 4 is 23.7 Å². The fraction of sp³-hybridized carbons (Fsp3) is 0.0870. The molecular weight excluding hydrogens is 405 g/mol. The van der Waals surface area contributed by atoms with Crippen molar-refractivity contribution in [3.63, 3.8) is 0 Å². The third-order valence-corrected chi connectivity index (χ3v) is 4.57. The molecule has 30 heavy (non-hydrogen) atoms. The third kappa shape index (κ3) is 5.43. The standard InChI is InChI=1S/C23H17ClFN3O2/c24-21-10-5-11-22(25)20(21)15-30-18-9-4-6-16(12-18)14-27-28-23(29)19(13-26)17-7-2-1-3-8-17/h1-12,14,19H,15H2,(H,28,29)/b27-14-/t19-/m1/s1. The van der Waals surface area contributed by atoms with Gasteiger partial charge in [0, 0.05) is 5.56 Å². The average molecular weight is 422 g/mol. The molecule has 3 aromatic rings. The maximum Gasteiger partial charge on any atom is 0.261 e. The summed E-state index contributed by atoms with van der Waals surface area (Å²) in [5, 5.41) is 13.5. The molecule has 5 nitrogen and oxygen atoms in total. The first kappa shape index (κ1) is 21.0. The summed E-state index contributed by atoms with van der Waals surface area (Å²) in [6.45, 7) is -0.0240. The van der Waals surface area contributed by atoms with Gasteiger partial charge in [-0.2, -0.15) is 10.4 Å². The van der Waals surface area contributed by atoms with Crippen molar-refractivity contribution in [3.05, 3.63) is 100 Å². The van der Waals surface area contributed by atoms with Crippen LogP contribution in [0.25, 0.3) is 0 Å². The van der Waals surface area contributed by atoms with Crippen molar-refractivity contribution in [1.29, 1.82) is 5.26 Å². The summed E-state index contributed by atoms with van der Waals surface area (Å²) >= 11 is 6.00. The van der Waals surface area contributed by atoms with Gasteiger partial charge < -0.3 is 4.74 Å². The summed E-state index contributed by atoms with van der Waals surface area (Å²) in [7, 11) is 0. The van der Waals surface area contributed by atoms with Crippen LogP contribution in [0.5, 0.6) is 5.75 Å². The smallest absolute Gasteiger partial charge is 0.261 e. The SMILES string of the molecule is N#C[C@@H](C(=O)N/N=C\c1cccc(OCc2c(F)cccc2Cl)c1)c1ccccc1. The number of ether oxygens (including phenoxy) is 1. The number of nitrogens with one attached hydrogen (secondary N) is 1. The predicted molar refractivity (Wildman–Crippen MR) is 113 cm³/mol. The Kier molecular flexibility index (Phi) is 7.14. The second-order valence-electron chi connectivity index (χ2n) is 6.27. The first-order chi connectivity index (χ1) is 14.6. The highest BCUT2D eigenvalue weighted by Gasteiger charge is 2.19. The number of hydrogen-bond donors (Lipinski definition) is 1. The Morgan fingerprint density at radius 2 is 1.93 bits per heavy atom. The van der Waals surface area contributed by atoms with Gasteiger partial charge in [-0.15, -0.1) is 0 Å². The summed E-state index contributed by atoms with van der Waals surface area (Å²) in [4.78, 5) is 12.2. The summed E-state index contributed by atoms with van der Waals surface area (Å²) in [5.41, 5.74) is 3.89. The van der Waals surface area contributed by atoms with E-state index in [1.807, 2.05) is 12.1 Å². The van der Waals surface area contributed by atoms with Crippen molar-refractivity contribution in [2.45, 2.75) is 12.5 Å². The van der Waals surface area contributed by atoms with Gasteiger partial charge in [0.05, 0.1) is 17.3 Å². The molecule has 0 saturated heterocycles. The molecule has 0 radical (unpaired) electrons. The number of nitriles is 1. The lowest BCUT2D eigenvalue weighted by atomic mass is 10.0. The number of carbonyl (C=O) groups is 1. The van der Waals surface area contributed by atoms with Gasteiger partial charge in [-0.1, -0.05) is 60.1 Å². The minimum Gasteiger partial charge on any atom is -0.489 e. The topological polar surface area (TPSA) is 74.5 Å². The minimum atomic E-state index is -0.955. The molecule has 3 aromatic carbocycles. The Morgan fingerprint density at radius 1 is 1.17 bits per heavy atom. The Labute approximate surface area is 178 Å². The summed E-state index contributed by atoms with van der Waals surface area (Å²) in [6.07, 6.45) is 1.43. The third-order valence-electron chi connectivity index (χ3n) is 4.22. The number of hydrazone groups is 1. The second-order valence-corrected chi connectivity index (χ2v) is 6.68. The molecule has 0 aliphatic carbocycles. The van der Waals surface area contributed by atoms with Gasteiger partial charge in [0.15, 0.2) is 5.92 Å².